The van der Waals surface area contributed by atoms with Gasteiger partial charge in [0.25, 0.3) is 0 Å². The molecule has 0 saturated heterocycles. The third-order valence-electron chi connectivity index (χ3n) is 5.68. The second kappa shape index (κ2) is 4.54. The lowest BCUT2D eigenvalue weighted by Crippen LogP contribution is -1.95. The van der Waals surface area contributed by atoms with Crippen molar-refractivity contribution in [3.8, 4) is 11.5 Å². The van der Waals surface area contributed by atoms with E-state index in [1.165, 1.54) is 24.8 Å². The van der Waals surface area contributed by atoms with Gasteiger partial charge in [-0.1, -0.05) is 12.2 Å². The molecule has 2 heteroatoms. The third kappa shape index (κ3) is 1.85. The fourth-order valence-electron chi connectivity index (χ4n) is 4.80. The van der Waals surface area contributed by atoms with Crippen LogP contribution in [0, 0.1) is 29.6 Å². The molecule has 0 amide bonds. The van der Waals surface area contributed by atoms with Crippen LogP contribution < -0.4 is 9.47 Å². The Morgan fingerprint density at radius 3 is 2.10 bits per heavy atom. The van der Waals surface area contributed by atoms with Crippen molar-refractivity contribution < 1.29 is 9.47 Å². The minimum atomic E-state index is 0.846. The van der Waals surface area contributed by atoms with E-state index in [9.17, 15) is 0 Å². The molecule has 1 aromatic rings. The first-order valence-corrected chi connectivity index (χ1v) is 7.71. The predicted molar refractivity (Wildman–Crippen MR) is 79.9 cm³/mol. The summed E-state index contributed by atoms with van der Waals surface area (Å²) < 4.78 is 10.6. The summed E-state index contributed by atoms with van der Waals surface area (Å²) in [7, 11) is 3.40. The van der Waals surface area contributed by atoms with E-state index in [2.05, 4.69) is 24.3 Å². The van der Waals surface area contributed by atoms with Gasteiger partial charge in [0.1, 0.15) is 11.5 Å². The number of fused-ring (bicyclic) bond motifs is 5. The molecule has 4 rings (SSSR count). The SMILES string of the molecule is COc1cc(/C=C/C2[C@@H]3[C@H]4CC[C@H](C4)[C@H]23)cc(OC)c1. The van der Waals surface area contributed by atoms with E-state index >= 15 is 0 Å². The summed E-state index contributed by atoms with van der Waals surface area (Å²) in [4.78, 5) is 0. The lowest BCUT2D eigenvalue weighted by molar-refractivity contribution is 0.394. The molecule has 3 aliphatic rings. The van der Waals surface area contributed by atoms with Crippen LogP contribution in [0.5, 0.6) is 11.5 Å². The summed E-state index contributed by atoms with van der Waals surface area (Å²) in [6, 6.07) is 6.07. The summed E-state index contributed by atoms with van der Waals surface area (Å²) in [5.41, 5.74) is 1.18. The van der Waals surface area contributed by atoms with E-state index < -0.39 is 0 Å². The molecule has 1 aromatic carbocycles. The fraction of sp³-hybridized carbons (Fsp3) is 0.556. The summed E-state index contributed by atoms with van der Waals surface area (Å²) in [6.07, 6.45) is 9.19. The molecular formula is C18H22O2. The fourth-order valence-corrected chi connectivity index (χ4v) is 4.80. The van der Waals surface area contributed by atoms with Crippen molar-refractivity contribution in [3.05, 3.63) is 29.8 Å². The first kappa shape index (κ1) is 12.3. The Bertz CT molecular complexity index is 510. The first-order valence-electron chi connectivity index (χ1n) is 7.71. The van der Waals surface area contributed by atoms with Crippen LogP contribution in [0.2, 0.25) is 0 Å². The second-order valence-electron chi connectivity index (χ2n) is 6.57. The summed E-state index contributed by atoms with van der Waals surface area (Å²) in [6.45, 7) is 0. The maximum Gasteiger partial charge on any atom is 0.123 e. The van der Waals surface area contributed by atoms with Gasteiger partial charge in [0.15, 0.2) is 0 Å². The molecule has 3 fully saturated rings. The van der Waals surface area contributed by atoms with E-state index in [-0.39, 0.29) is 0 Å². The van der Waals surface area contributed by atoms with Crippen LogP contribution in [0.25, 0.3) is 6.08 Å². The number of hydrogen-bond donors (Lipinski definition) is 0. The quantitative estimate of drug-likeness (QED) is 0.823. The number of ether oxygens (including phenoxy) is 2. The number of benzene rings is 1. The van der Waals surface area contributed by atoms with Gasteiger partial charge in [-0.15, -0.1) is 0 Å². The molecule has 20 heavy (non-hydrogen) atoms. The van der Waals surface area contributed by atoms with Crippen LogP contribution in [-0.4, -0.2) is 14.2 Å². The molecule has 2 nitrogen and oxygen atoms in total. The Morgan fingerprint density at radius 1 is 0.950 bits per heavy atom. The highest BCUT2D eigenvalue weighted by molar-refractivity contribution is 5.56. The Morgan fingerprint density at radius 2 is 1.55 bits per heavy atom. The molecular weight excluding hydrogens is 248 g/mol. The van der Waals surface area contributed by atoms with Crippen molar-refractivity contribution in [2.75, 3.05) is 14.2 Å². The van der Waals surface area contributed by atoms with Gasteiger partial charge < -0.3 is 9.47 Å². The zero-order valence-electron chi connectivity index (χ0n) is 12.2. The predicted octanol–water partition coefficient (Wildman–Crippen LogP) is 4.01. The number of allylic oxidation sites excluding steroid dienone is 1. The lowest BCUT2D eigenvalue weighted by atomic mass is 10.0. The molecule has 0 aromatic heterocycles. The molecule has 5 atom stereocenters. The van der Waals surface area contributed by atoms with Crippen molar-refractivity contribution in [3.63, 3.8) is 0 Å². The summed E-state index contributed by atoms with van der Waals surface area (Å²) in [5, 5.41) is 0. The molecule has 3 aliphatic carbocycles. The van der Waals surface area contributed by atoms with Gasteiger partial charge in [-0.25, -0.2) is 0 Å². The average molecular weight is 270 g/mol. The second-order valence-corrected chi connectivity index (χ2v) is 6.57. The van der Waals surface area contributed by atoms with Gasteiger partial charge >= 0.3 is 0 Å². The van der Waals surface area contributed by atoms with Gasteiger partial charge in [-0.3, -0.25) is 0 Å². The highest BCUT2D eigenvalue weighted by Gasteiger charge is 2.63. The molecule has 106 valence electrons. The molecule has 1 unspecified atom stereocenters. The zero-order chi connectivity index (χ0) is 13.7. The molecule has 0 spiro atoms. The smallest absolute Gasteiger partial charge is 0.123 e. The maximum absolute atomic E-state index is 5.32. The van der Waals surface area contributed by atoms with Gasteiger partial charge in [0.2, 0.25) is 0 Å². The molecule has 0 N–H and O–H groups in total. The normalized spacial score (nSPS) is 37.2. The van der Waals surface area contributed by atoms with Gasteiger partial charge in [0.05, 0.1) is 14.2 Å². The van der Waals surface area contributed by atoms with Crippen LogP contribution in [-0.2, 0) is 0 Å². The molecule has 0 aliphatic heterocycles. The number of rotatable bonds is 4. The van der Waals surface area contributed by atoms with Gasteiger partial charge in [-0.2, -0.15) is 0 Å². The van der Waals surface area contributed by atoms with Gasteiger partial charge in [0, 0.05) is 6.07 Å². The van der Waals surface area contributed by atoms with Crippen LogP contribution >= 0.6 is 0 Å². The van der Waals surface area contributed by atoms with E-state index in [0.29, 0.717) is 0 Å². The summed E-state index contributed by atoms with van der Waals surface area (Å²) >= 11 is 0. The number of methoxy groups -OCH3 is 2. The van der Waals surface area contributed by atoms with Crippen LogP contribution in [0.1, 0.15) is 24.8 Å². The molecule has 3 saturated carbocycles. The Labute approximate surface area is 120 Å². The van der Waals surface area contributed by atoms with Crippen LogP contribution in [0.3, 0.4) is 0 Å². The maximum atomic E-state index is 5.32. The molecule has 2 bridgehead atoms. The summed E-state index contributed by atoms with van der Waals surface area (Å²) in [5.74, 6) is 6.67. The Kier molecular flexibility index (Phi) is 2.80. The van der Waals surface area contributed by atoms with E-state index in [1.807, 2.05) is 6.07 Å². The van der Waals surface area contributed by atoms with Crippen LogP contribution in [0.15, 0.2) is 24.3 Å². The van der Waals surface area contributed by atoms with Crippen molar-refractivity contribution in [1.29, 1.82) is 0 Å². The average Bonchev–Trinajstić information content (AvgIpc) is 2.87. The zero-order valence-corrected chi connectivity index (χ0v) is 12.2. The standard InChI is InChI=1S/C18H22O2/c1-19-14-7-11(8-15(10-14)20-2)3-6-16-17-12-4-5-13(9-12)18(16)17/h3,6-8,10,12-13,16-18H,4-5,9H2,1-2H3/b6-3+/t12-,13+,16?,17-,18+. The van der Waals surface area contributed by atoms with Crippen molar-refractivity contribution >= 4 is 6.08 Å². The van der Waals surface area contributed by atoms with E-state index in [1.54, 1.807) is 14.2 Å². The molecule has 0 heterocycles. The van der Waals surface area contributed by atoms with Crippen molar-refractivity contribution in [2.45, 2.75) is 19.3 Å². The Hall–Kier alpha value is -1.44. The van der Waals surface area contributed by atoms with E-state index in [4.69, 9.17) is 9.47 Å². The van der Waals surface area contributed by atoms with Crippen molar-refractivity contribution in [1.82, 2.24) is 0 Å². The Balaban J connectivity index is 1.51. The lowest BCUT2D eigenvalue weighted by Gasteiger charge is -2.07. The monoisotopic (exact) mass is 270 g/mol. The minimum absolute atomic E-state index is 0.846. The third-order valence-corrected chi connectivity index (χ3v) is 5.68. The highest BCUT2D eigenvalue weighted by atomic mass is 16.5. The number of hydrogen-bond acceptors (Lipinski definition) is 2. The minimum Gasteiger partial charge on any atom is -0.497 e. The molecule has 0 radical (unpaired) electrons. The largest absolute Gasteiger partial charge is 0.497 e. The van der Waals surface area contributed by atoms with Gasteiger partial charge in [-0.05, 0) is 66.5 Å². The van der Waals surface area contributed by atoms with Crippen LogP contribution in [0.4, 0.5) is 0 Å². The first-order chi connectivity index (χ1) is 9.80. The van der Waals surface area contributed by atoms with E-state index in [0.717, 1.165) is 41.1 Å². The van der Waals surface area contributed by atoms with Crippen molar-refractivity contribution in [2.24, 2.45) is 29.6 Å². The topological polar surface area (TPSA) is 18.5 Å². The highest BCUT2D eigenvalue weighted by Crippen LogP contribution is 2.69.